The van der Waals surface area contributed by atoms with Gasteiger partial charge in [-0.15, -0.1) is 0 Å². The molecule has 0 unspecified atom stereocenters. The number of fused-ring (bicyclic) bond motifs is 1. The number of nitrogens with zero attached hydrogens (tertiary/aromatic N) is 3. The number of likely N-dealkylation sites (tertiary alicyclic amines) is 1. The van der Waals surface area contributed by atoms with Crippen molar-refractivity contribution in [3.63, 3.8) is 0 Å². The van der Waals surface area contributed by atoms with Gasteiger partial charge in [-0.1, -0.05) is 44.2 Å². The maximum absolute atomic E-state index is 14.4. The number of carbonyl (C=O) groups excluding carboxylic acids is 1. The van der Waals surface area contributed by atoms with E-state index >= 15 is 0 Å². The van der Waals surface area contributed by atoms with Crippen LogP contribution >= 0.6 is 0 Å². The summed E-state index contributed by atoms with van der Waals surface area (Å²) in [5.74, 6) is 0.323. The van der Waals surface area contributed by atoms with E-state index in [2.05, 4.69) is 29.4 Å². The molecule has 156 valence electrons. The molecule has 0 spiro atoms. The number of nitrogens with one attached hydrogen (secondary N) is 1. The molecule has 0 aliphatic carbocycles. The third kappa shape index (κ3) is 4.49. The first-order valence-electron chi connectivity index (χ1n) is 10.5. The summed E-state index contributed by atoms with van der Waals surface area (Å²) in [7, 11) is 0. The fraction of sp³-hybridized carbons (Fsp3) is 0.375. The van der Waals surface area contributed by atoms with Crippen LogP contribution in [-0.4, -0.2) is 47.2 Å². The van der Waals surface area contributed by atoms with Gasteiger partial charge >= 0.3 is 0 Å². The van der Waals surface area contributed by atoms with Crippen molar-refractivity contribution in [1.29, 1.82) is 0 Å². The molecule has 6 heteroatoms. The molecule has 1 aliphatic rings. The summed E-state index contributed by atoms with van der Waals surface area (Å²) >= 11 is 0. The monoisotopic (exact) mass is 406 g/mol. The summed E-state index contributed by atoms with van der Waals surface area (Å²) in [6, 6.07) is 12.7. The van der Waals surface area contributed by atoms with Crippen LogP contribution in [0.25, 0.3) is 10.8 Å². The van der Waals surface area contributed by atoms with E-state index in [1.807, 2.05) is 24.3 Å². The van der Waals surface area contributed by atoms with E-state index in [1.54, 1.807) is 23.2 Å². The lowest BCUT2D eigenvalue weighted by Crippen LogP contribution is -2.53. The van der Waals surface area contributed by atoms with Crippen LogP contribution in [-0.2, 0) is 6.42 Å². The van der Waals surface area contributed by atoms with Crippen LogP contribution in [0.2, 0.25) is 0 Å². The van der Waals surface area contributed by atoms with E-state index in [-0.39, 0.29) is 11.5 Å². The number of hydrogen-bond acceptors (Lipinski definition) is 4. The number of hydrogen-bond donors (Lipinski definition) is 1. The highest BCUT2D eigenvalue weighted by Gasteiger charge is 2.32. The van der Waals surface area contributed by atoms with Crippen LogP contribution in [0.15, 0.2) is 48.7 Å². The maximum Gasteiger partial charge on any atom is 0.256 e. The van der Waals surface area contributed by atoms with Gasteiger partial charge in [-0.3, -0.25) is 4.79 Å². The number of amides is 1. The molecule has 1 amide bonds. The van der Waals surface area contributed by atoms with Crippen molar-refractivity contribution >= 4 is 16.7 Å². The predicted molar refractivity (Wildman–Crippen MR) is 116 cm³/mol. The summed E-state index contributed by atoms with van der Waals surface area (Å²) in [5.41, 5.74) is 1.80. The molecule has 4 rings (SSSR count). The zero-order valence-corrected chi connectivity index (χ0v) is 17.4. The maximum atomic E-state index is 14.4. The third-order valence-corrected chi connectivity index (χ3v) is 5.51. The number of rotatable bonds is 7. The lowest BCUT2D eigenvalue weighted by Gasteiger charge is -2.39. The zero-order valence-electron chi connectivity index (χ0n) is 17.4. The van der Waals surface area contributed by atoms with Crippen molar-refractivity contribution in [3.8, 4) is 0 Å². The standard InChI is InChI=1S/C24H27FN4O/c1-16(2)11-26-12-18-14-29(15-18)24(30)21-9-17(7-8-22(21)25)10-23-20-6-4-3-5-19(20)13-27-28-23/h3-9,13,16,18,26H,10-12,14-15H2,1-2H3. The van der Waals surface area contributed by atoms with Gasteiger partial charge in [-0.2, -0.15) is 10.2 Å². The Morgan fingerprint density at radius 1 is 1.23 bits per heavy atom. The largest absolute Gasteiger partial charge is 0.338 e. The van der Waals surface area contributed by atoms with Gasteiger partial charge in [0.15, 0.2) is 0 Å². The Labute approximate surface area is 176 Å². The van der Waals surface area contributed by atoms with E-state index < -0.39 is 5.82 Å². The summed E-state index contributed by atoms with van der Waals surface area (Å²) < 4.78 is 14.4. The topological polar surface area (TPSA) is 58.1 Å². The summed E-state index contributed by atoms with van der Waals surface area (Å²) in [4.78, 5) is 14.6. The van der Waals surface area contributed by atoms with E-state index in [1.165, 1.54) is 6.07 Å². The van der Waals surface area contributed by atoms with Gasteiger partial charge in [0.2, 0.25) is 0 Å². The Morgan fingerprint density at radius 2 is 2.03 bits per heavy atom. The second-order valence-corrected chi connectivity index (χ2v) is 8.50. The molecule has 2 heterocycles. The average Bonchev–Trinajstić information content (AvgIpc) is 2.71. The van der Waals surface area contributed by atoms with Crippen LogP contribution in [0, 0.1) is 17.7 Å². The first-order valence-corrected chi connectivity index (χ1v) is 10.5. The molecule has 30 heavy (non-hydrogen) atoms. The second-order valence-electron chi connectivity index (χ2n) is 8.50. The molecule has 5 nitrogen and oxygen atoms in total. The van der Waals surface area contributed by atoms with Crippen LogP contribution < -0.4 is 5.32 Å². The van der Waals surface area contributed by atoms with Crippen LogP contribution in [0.5, 0.6) is 0 Å². The van der Waals surface area contributed by atoms with Crippen LogP contribution in [0.4, 0.5) is 4.39 Å². The lowest BCUT2D eigenvalue weighted by molar-refractivity contribution is 0.0495. The van der Waals surface area contributed by atoms with Crippen LogP contribution in [0.3, 0.4) is 0 Å². The minimum Gasteiger partial charge on any atom is -0.338 e. The fourth-order valence-electron chi connectivity index (χ4n) is 3.87. The van der Waals surface area contributed by atoms with Crippen molar-refractivity contribution < 1.29 is 9.18 Å². The Morgan fingerprint density at radius 3 is 2.83 bits per heavy atom. The van der Waals surface area contributed by atoms with Gasteiger partial charge in [-0.25, -0.2) is 4.39 Å². The highest BCUT2D eigenvalue weighted by atomic mass is 19.1. The van der Waals surface area contributed by atoms with Gasteiger partial charge in [0.1, 0.15) is 5.82 Å². The third-order valence-electron chi connectivity index (χ3n) is 5.51. The Bertz CT molecular complexity index is 1040. The molecule has 2 aromatic carbocycles. The Hall–Kier alpha value is -2.86. The molecule has 0 bridgehead atoms. The molecule has 1 fully saturated rings. The van der Waals surface area contributed by atoms with E-state index in [9.17, 15) is 9.18 Å². The van der Waals surface area contributed by atoms with Gasteiger partial charge < -0.3 is 10.2 Å². The molecule has 0 atom stereocenters. The van der Waals surface area contributed by atoms with Gasteiger partial charge in [0, 0.05) is 42.7 Å². The van der Waals surface area contributed by atoms with Crippen molar-refractivity contribution in [1.82, 2.24) is 20.4 Å². The first kappa shape index (κ1) is 20.4. The minimum atomic E-state index is -0.478. The van der Waals surface area contributed by atoms with Gasteiger partial charge in [0.25, 0.3) is 5.91 Å². The molecule has 1 aliphatic heterocycles. The molecule has 0 saturated carbocycles. The number of halogens is 1. The fourth-order valence-corrected chi connectivity index (χ4v) is 3.87. The molecule has 1 aromatic heterocycles. The lowest BCUT2D eigenvalue weighted by atomic mass is 9.97. The minimum absolute atomic E-state index is 0.134. The molecule has 1 N–H and O–H groups in total. The quantitative estimate of drug-likeness (QED) is 0.650. The Kier molecular flexibility index (Phi) is 6.04. The van der Waals surface area contributed by atoms with E-state index in [0.717, 1.165) is 35.1 Å². The van der Waals surface area contributed by atoms with Gasteiger partial charge in [-0.05, 0) is 30.2 Å². The molecule has 3 aromatic rings. The molecule has 0 radical (unpaired) electrons. The van der Waals surface area contributed by atoms with Gasteiger partial charge in [0.05, 0.1) is 17.5 Å². The molecule has 1 saturated heterocycles. The van der Waals surface area contributed by atoms with Crippen LogP contribution in [0.1, 0.15) is 35.5 Å². The predicted octanol–water partition coefficient (Wildman–Crippen LogP) is 3.68. The molecular formula is C24H27FN4O. The normalized spacial score (nSPS) is 14.3. The number of benzene rings is 2. The van der Waals surface area contributed by atoms with E-state index in [4.69, 9.17) is 0 Å². The van der Waals surface area contributed by atoms with Crippen molar-refractivity contribution in [3.05, 3.63) is 71.3 Å². The SMILES string of the molecule is CC(C)CNCC1CN(C(=O)c2cc(Cc3nncc4ccccc34)ccc2F)C1. The summed E-state index contributed by atoms with van der Waals surface area (Å²) in [5, 5.41) is 13.8. The highest BCUT2D eigenvalue weighted by Crippen LogP contribution is 2.23. The van der Waals surface area contributed by atoms with Crippen molar-refractivity contribution in [2.45, 2.75) is 20.3 Å². The summed E-state index contributed by atoms with van der Waals surface area (Å²) in [6.45, 7) is 7.54. The average molecular weight is 407 g/mol. The number of carbonyl (C=O) groups is 1. The summed E-state index contributed by atoms with van der Waals surface area (Å²) in [6.07, 6.45) is 2.23. The first-order chi connectivity index (χ1) is 14.5. The zero-order chi connectivity index (χ0) is 21.1. The van der Waals surface area contributed by atoms with Crippen molar-refractivity contribution in [2.24, 2.45) is 11.8 Å². The number of aromatic nitrogens is 2. The smallest absolute Gasteiger partial charge is 0.256 e. The molecular weight excluding hydrogens is 379 g/mol. The highest BCUT2D eigenvalue weighted by molar-refractivity contribution is 5.95. The second kappa shape index (κ2) is 8.88. The van der Waals surface area contributed by atoms with Crippen molar-refractivity contribution in [2.75, 3.05) is 26.2 Å². The van der Waals surface area contributed by atoms with E-state index in [0.29, 0.717) is 31.3 Å². The Balaban J connectivity index is 1.44.